The van der Waals surface area contributed by atoms with E-state index in [4.69, 9.17) is 8.83 Å². The van der Waals surface area contributed by atoms with Gasteiger partial charge in [0.05, 0.1) is 33.9 Å². The quantitative estimate of drug-likeness (QED) is 0.0894. The van der Waals surface area contributed by atoms with Gasteiger partial charge in [0.25, 0.3) is 11.8 Å². The number of nitrogens with one attached hydrogen (secondary N) is 2. The maximum atomic E-state index is 14.7. The van der Waals surface area contributed by atoms with E-state index in [1.54, 1.807) is 54.6 Å². The van der Waals surface area contributed by atoms with Gasteiger partial charge in [0, 0.05) is 57.9 Å². The van der Waals surface area contributed by atoms with Crippen LogP contribution in [0.25, 0.3) is 22.9 Å². The van der Waals surface area contributed by atoms with E-state index in [1.165, 1.54) is 36.4 Å². The van der Waals surface area contributed by atoms with Gasteiger partial charge >= 0.3 is 12.0 Å². The number of rotatable bonds is 16. The lowest BCUT2D eigenvalue weighted by atomic mass is 10.1. The summed E-state index contributed by atoms with van der Waals surface area (Å²) >= 11 is 0. The number of hydrogen-bond acceptors (Lipinski definition) is 12. The molecule has 0 saturated carbocycles. The van der Waals surface area contributed by atoms with E-state index < -0.39 is 34.9 Å². The first-order valence-corrected chi connectivity index (χ1v) is 20.9. The van der Waals surface area contributed by atoms with Gasteiger partial charge in [-0.3, -0.25) is 9.97 Å². The summed E-state index contributed by atoms with van der Waals surface area (Å²) in [6.45, 7) is 4.93. The van der Waals surface area contributed by atoms with Crippen LogP contribution in [-0.2, 0) is 25.7 Å². The second-order valence-electron chi connectivity index (χ2n) is 15.0. The predicted octanol–water partition coefficient (Wildman–Crippen LogP) is 11.1. The number of halogens is 6. The Morgan fingerprint density at radius 1 is 0.515 bits per heavy atom. The number of aromatic nitrogens is 6. The number of benzene rings is 4. The number of hydrogen-bond donors (Lipinski definition) is 2. The largest absolute Gasteiger partial charge is 0.403 e. The second-order valence-corrected chi connectivity index (χ2v) is 15.0. The van der Waals surface area contributed by atoms with Crippen LogP contribution >= 0.6 is 0 Å². The Balaban J connectivity index is 0.000000196. The molecule has 66 heavy (non-hydrogen) atoms. The molecule has 0 unspecified atom stereocenters. The monoisotopic (exact) mass is 906 g/mol. The second kappa shape index (κ2) is 21.3. The van der Waals surface area contributed by atoms with Crippen LogP contribution in [-0.4, -0.2) is 57.5 Å². The number of pyridine rings is 2. The maximum Gasteiger partial charge on any atom is 0.318 e. The normalized spacial score (nSPS) is 10.9. The first-order chi connectivity index (χ1) is 31.9. The molecule has 4 aromatic carbocycles. The Kier molecular flexibility index (Phi) is 14.9. The van der Waals surface area contributed by atoms with Crippen LogP contribution in [0.4, 0.5) is 61.1 Å². The first kappa shape index (κ1) is 46.2. The first-order valence-electron chi connectivity index (χ1n) is 20.9. The van der Waals surface area contributed by atoms with Gasteiger partial charge < -0.3 is 29.3 Å². The van der Waals surface area contributed by atoms with E-state index in [0.29, 0.717) is 32.4 Å². The molecule has 0 aliphatic heterocycles. The lowest BCUT2D eigenvalue weighted by Gasteiger charge is -2.14. The molecule has 0 amide bonds. The number of nitrogens with zero attached hydrogens (tertiary/aromatic N) is 8. The Morgan fingerprint density at radius 3 is 1.47 bits per heavy atom. The molecule has 0 saturated heterocycles. The van der Waals surface area contributed by atoms with Gasteiger partial charge in [-0.25, -0.2) is 26.3 Å². The van der Waals surface area contributed by atoms with Crippen molar-refractivity contribution in [3.8, 4) is 22.9 Å². The summed E-state index contributed by atoms with van der Waals surface area (Å²) in [6, 6.07) is 23.5. The molecule has 12 nitrogen and oxygen atoms in total. The highest BCUT2D eigenvalue weighted by atomic mass is 19.2. The van der Waals surface area contributed by atoms with Gasteiger partial charge in [-0.05, 0) is 109 Å². The third kappa shape index (κ3) is 11.1. The van der Waals surface area contributed by atoms with Crippen LogP contribution < -0.4 is 20.4 Å². The molecular formula is C48H44F6N10O2. The fourth-order valence-corrected chi connectivity index (χ4v) is 6.55. The molecule has 18 heteroatoms. The highest BCUT2D eigenvalue weighted by Gasteiger charge is 2.23. The molecular weight excluding hydrogens is 863 g/mol. The summed E-state index contributed by atoms with van der Waals surface area (Å²) in [5.41, 5.74) is 3.25. The van der Waals surface area contributed by atoms with Crippen molar-refractivity contribution in [3.05, 3.63) is 167 Å². The summed E-state index contributed by atoms with van der Waals surface area (Å²) in [5, 5.41) is 21.3. The summed E-state index contributed by atoms with van der Waals surface area (Å²) in [4.78, 5) is 11.8. The minimum atomic E-state index is -1.17. The average molecular weight is 907 g/mol. The number of aryl methyl sites for hydroxylation is 2. The summed E-state index contributed by atoms with van der Waals surface area (Å²) in [6.07, 6.45) is 7.83. The van der Waals surface area contributed by atoms with Crippen molar-refractivity contribution in [1.82, 2.24) is 30.4 Å². The highest BCUT2D eigenvalue weighted by Crippen LogP contribution is 2.37. The van der Waals surface area contributed by atoms with Crippen LogP contribution in [0.5, 0.6) is 0 Å². The SMILES string of the molecule is CCc1ccc(Nc2c(-c3nnc(N(C)CCc4ccccn4)o3)ccc(F)c2F)c(F)c1.CCc1ccc(Nc2c(-c3nnc(N(C)CCc4ccncc4)o3)ccc(F)c2F)c(F)c1. The molecule has 0 spiro atoms. The average Bonchev–Trinajstić information content (AvgIpc) is 4.04. The van der Waals surface area contributed by atoms with Gasteiger partial charge in [-0.15, -0.1) is 10.2 Å². The van der Waals surface area contributed by atoms with E-state index in [2.05, 4.69) is 41.0 Å². The molecule has 0 aliphatic rings. The minimum Gasteiger partial charge on any atom is -0.403 e. The molecule has 0 aliphatic carbocycles. The summed E-state index contributed by atoms with van der Waals surface area (Å²) in [7, 11) is 3.56. The third-order valence-electron chi connectivity index (χ3n) is 10.4. The molecule has 0 fully saturated rings. The van der Waals surface area contributed by atoms with Gasteiger partial charge in [0.1, 0.15) is 11.6 Å². The standard InChI is InChI=1S/2C24H22F3N5O/c1-3-15-4-7-20(19(26)14-15)29-22-17(5-6-18(25)21(22)27)23-30-31-24(33-23)32(2)13-10-16-8-11-28-12-9-16;1-3-15-7-10-20(19(26)14-15)29-22-17(8-9-18(25)21(22)27)23-30-31-24(33-23)32(2)13-11-16-6-4-5-12-28-16/h4-9,11-12,14,29H,3,10,13H2,1-2H3;4-10,12,14,29H,3,11,13H2,1-2H3. The summed E-state index contributed by atoms with van der Waals surface area (Å²) in [5.74, 6) is -5.71. The Morgan fingerprint density at radius 2 is 1.02 bits per heavy atom. The molecule has 0 bridgehead atoms. The smallest absolute Gasteiger partial charge is 0.318 e. The van der Waals surface area contributed by atoms with E-state index in [1.807, 2.05) is 44.2 Å². The van der Waals surface area contributed by atoms with Crippen molar-refractivity contribution in [2.45, 2.75) is 39.5 Å². The van der Waals surface area contributed by atoms with E-state index >= 15 is 0 Å². The molecule has 4 aromatic heterocycles. The molecule has 8 aromatic rings. The Hall–Kier alpha value is -7.76. The molecule has 4 heterocycles. The van der Waals surface area contributed by atoms with Crippen LogP contribution in [0.2, 0.25) is 0 Å². The van der Waals surface area contributed by atoms with Crippen molar-refractivity contribution < 1.29 is 35.2 Å². The zero-order chi connectivity index (χ0) is 46.7. The van der Waals surface area contributed by atoms with E-state index in [9.17, 15) is 26.3 Å². The van der Waals surface area contributed by atoms with Gasteiger partial charge in [-0.2, -0.15) is 0 Å². The van der Waals surface area contributed by atoms with Crippen molar-refractivity contribution in [2.75, 3.05) is 47.6 Å². The molecule has 8 rings (SSSR count). The zero-order valence-corrected chi connectivity index (χ0v) is 36.3. The third-order valence-corrected chi connectivity index (χ3v) is 10.4. The van der Waals surface area contributed by atoms with Crippen molar-refractivity contribution >= 4 is 34.8 Å². The van der Waals surface area contributed by atoms with E-state index in [0.717, 1.165) is 40.9 Å². The maximum absolute atomic E-state index is 14.7. The molecule has 0 radical (unpaired) electrons. The van der Waals surface area contributed by atoms with Gasteiger partial charge in [0.15, 0.2) is 23.3 Å². The van der Waals surface area contributed by atoms with Gasteiger partial charge in [0.2, 0.25) is 0 Å². The Labute approximate surface area is 376 Å². The lowest BCUT2D eigenvalue weighted by Crippen LogP contribution is -2.20. The van der Waals surface area contributed by atoms with Gasteiger partial charge in [-0.1, -0.05) is 42.2 Å². The lowest BCUT2D eigenvalue weighted by molar-refractivity contribution is 0.510. The van der Waals surface area contributed by atoms with E-state index in [-0.39, 0.29) is 57.7 Å². The van der Waals surface area contributed by atoms with Crippen LogP contribution in [0.15, 0.2) is 118 Å². The van der Waals surface area contributed by atoms with Crippen molar-refractivity contribution in [2.24, 2.45) is 0 Å². The number of anilines is 6. The number of likely N-dealkylation sites (N-methyl/N-ethyl adjacent to an activating group) is 2. The minimum absolute atomic E-state index is 0.00479. The van der Waals surface area contributed by atoms with Crippen molar-refractivity contribution in [3.63, 3.8) is 0 Å². The fourth-order valence-electron chi connectivity index (χ4n) is 6.55. The van der Waals surface area contributed by atoms with Crippen LogP contribution in [0, 0.1) is 34.9 Å². The van der Waals surface area contributed by atoms with Crippen molar-refractivity contribution in [1.29, 1.82) is 0 Å². The molecule has 0 atom stereocenters. The fraction of sp³-hybridized carbons (Fsp3) is 0.208. The Bertz CT molecular complexity index is 2690. The molecule has 340 valence electrons. The van der Waals surface area contributed by atoms with Crippen LogP contribution in [0.3, 0.4) is 0 Å². The highest BCUT2D eigenvalue weighted by molar-refractivity contribution is 5.79. The summed E-state index contributed by atoms with van der Waals surface area (Å²) < 4.78 is 97.9. The zero-order valence-electron chi connectivity index (χ0n) is 36.3. The van der Waals surface area contributed by atoms with Crippen LogP contribution in [0.1, 0.15) is 36.2 Å². The predicted molar refractivity (Wildman–Crippen MR) is 240 cm³/mol. The molecule has 2 N–H and O–H groups in total. The topological polar surface area (TPSA) is 134 Å².